The van der Waals surface area contributed by atoms with Crippen molar-refractivity contribution in [3.8, 4) is 0 Å². The maximum Gasteiger partial charge on any atom is 0.211 e. The minimum absolute atomic E-state index is 0.997. The molecule has 0 saturated carbocycles. The molecule has 2 nitrogen and oxygen atoms in total. The average molecular weight is 569 g/mol. The third-order valence-corrected chi connectivity index (χ3v) is 9.59. The molecule has 0 unspecified atom stereocenters. The summed E-state index contributed by atoms with van der Waals surface area (Å²) in [6.07, 6.45) is 19.4. The number of hydrogen-bond donors (Lipinski definition) is 0. The van der Waals surface area contributed by atoms with E-state index >= 15 is 0 Å². The fraction of sp³-hybridized carbons (Fsp3) is 0.600. The van der Waals surface area contributed by atoms with Crippen molar-refractivity contribution in [3.05, 3.63) is 85.5 Å². The normalized spacial score (nSPS) is 13.7. The van der Waals surface area contributed by atoms with Crippen molar-refractivity contribution in [1.82, 2.24) is 0 Å². The monoisotopic (exact) mass is 568 g/mol. The summed E-state index contributed by atoms with van der Waals surface area (Å²) in [6, 6.07) is 9.47. The summed E-state index contributed by atoms with van der Waals surface area (Å²) in [7, 11) is 0. The van der Waals surface area contributed by atoms with Gasteiger partial charge in [-0.05, 0) is 137 Å². The van der Waals surface area contributed by atoms with Gasteiger partial charge in [0.15, 0.2) is 0 Å². The molecular weight excluding hydrogens is 508 g/mol. The first-order valence-corrected chi connectivity index (χ1v) is 17.4. The van der Waals surface area contributed by atoms with Crippen LogP contribution < -0.4 is 0 Å². The van der Waals surface area contributed by atoms with Crippen LogP contribution in [0.2, 0.25) is 0 Å². The van der Waals surface area contributed by atoms with Gasteiger partial charge >= 0.3 is 0 Å². The topological polar surface area (TPSA) is 25.3 Å². The van der Waals surface area contributed by atoms with E-state index in [4.69, 9.17) is 0 Å². The molecule has 2 heteroatoms. The summed E-state index contributed by atoms with van der Waals surface area (Å²) in [5.41, 5.74) is 27.6. The van der Waals surface area contributed by atoms with Crippen LogP contribution in [0.5, 0.6) is 0 Å². The molecule has 1 heterocycles. The second kappa shape index (κ2) is 17.0. The minimum atomic E-state index is 0.997. The van der Waals surface area contributed by atoms with E-state index in [-0.39, 0.29) is 0 Å². The van der Waals surface area contributed by atoms with Gasteiger partial charge in [0.05, 0.1) is 0 Å². The highest BCUT2D eigenvalue weighted by molar-refractivity contribution is 5.82. The van der Waals surface area contributed by atoms with Crippen molar-refractivity contribution in [1.29, 1.82) is 0 Å². The van der Waals surface area contributed by atoms with Crippen molar-refractivity contribution in [2.75, 3.05) is 0 Å². The summed E-state index contributed by atoms with van der Waals surface area (Å²) in [5.74, 6) is 0. The van der Waals surface area contributed by atoms with Crippen molar-refractivity contribution in [3.63, 3.8) is 0 Å². The number of nitrogens with zero attached hydrogens (tertiary/aromatic N) is 2. The predicted molar refractivity (Wildman–Crippen MR) is 184 cm³/mol. The number of allylic oxidation sites excluding steroid dienone is 2. The maximum atomic E-state index is 12.1. The van der Waals surface area contributed by atoms with Crippen molar-refractivity contribution < 1.29 is 4.70 Å². The van der Waals surface area contributed by atoms with Crippen LogP contribution in [0, 0.1) is 20.8 Å². The van der Waals surface area contributed by atoms with E-state index in [9.17, 15) is 5.53 Å². The third-order valence-electron chi connectivity index (χ3n) is 9.59. The van der Waals surface area contributed by atoms with Gasteiger partial charge in [0.1, 0.15) is 0 Å². The second-order valence-corrected chi connectivity index (χ2v) is 12.9. The van der Waals surface area contributed by atoms with Crippen LogP contribution >= 0.6 is 0 Å². The lowest BCUT2D eigenvalue weighted by atomic mass is 9.87. The molecule has 2 aromatic rings. The Balaban J connectivity index is 2.17. The lowest BCUT2D eigenvalue weighted by Gasteiger charge is -2.19. The van der Waals surface area contributed by atoms with Gasteiger partial charge in [-0.2, -0.15) is 0 Å². The Bertz CT molecular complexity index is 1220. The number of benzene rings is 2. The molecule has 2 aromatic carbocycles. The van der Waals surface area contributed by atoms with Crippen LogP contribution in [-0.4, -0.2) is 4.70 Å². The van der Waals surface area contributed by atoms with Gasteiger partial charge < -0.3 is 5.53 Å². The highest BCUT2D eigenvalue weighted by Crippen LogP contribution is 2.44. The van der Waals surface area contributed by atoms with Crippen molar-refractivity contribution in [2.45, 2.75) is 158 Å². The zero-order valence-corrected chi connectivity index (χ0v) is 28.5. The van der Waals surface area contributed by atoms with Gasteiger partial charge in [-0.25, -0.2) is 4.70 Å². The smallest absolute Gasteiger partial charge is 0.211 e. The molecule has 230 valence electrons. The molecule has 0 radical (unpaired) electrons. The van der Waals surface area contributed by atoms with Crippen LogP contribution in [-0.2, 0) is 19.3 Å². The summed E-state index contributed by atoms with van der Waals surface area (Å²) < 4.78 is 1.57. The SMILES string of the molecule is CCCCCC1=C(c2cc(C)c(C)c(C)c2)[N+](=[N-])C(c2cc(CCCCC)c(CCCCC)c(CCCCC)c2)=C1C. The Morgan fingerprint density at radius 2 is 0.952 bits per heavy atom. The summed E-state index contributed by atoms with van der Waals surface area (Å²) in [5, 5.41) is 0. The first kappa shape index (κ1) is 34.0. The van der Waals surface area contributed by atoms with E-state index < -0.39 is 0 Å². The fourth-order valence-corrected chi connectivity index (χ4v) is 6.77. The van der Waals surface area contributed by atoms with Crippen LogP contribution in [0.4, 0.5) is 0 Å². The number of hydrogen-bond acceptors (Lipinski definition) is 0. The lowest BCUT2D eigenvalue weighted by Crippen LogP contribution is -2.08. The van der Waals surface area contributed by atoms with Gasteiger partial charge in [0.25, 0.3) is 0 Å². The van der Waals surface area contributed by atoms with Gasteiger partial charge in [0.2, 0.25) is 11.4 Å². The van der Waals surface area contributed by atoms with E-state index in [2.05, 4.69) is 79.7 Å². The third kappa shape index (κ3) is 8.33. The lowest BCUT2D eigenvalue weighted by molar-refractivity contribution is -0.345. The van der Waals surface area contributed by atoms with Crippen molar-refractivity contribution >= 4 is 11.4 Å². The van der Waals surface area contributed by atoms with Crippen LogP contribution in [0.15, 0.2) is 35.4 Å². The molecule has 0 spiro atoms. The summed E-state index contributed by atoms with van der Waals surface area (Å²) >= 11 is 0. The molecule has 0 bridgehead atoms. The molecule has 0 atom stereocenters. The highest BCUT2D eigenvalue weighted by atomic mass is 15.2. The Morgan fingerprint density at radius 1 is 0.524 bits per heavy atom. The first-order chi connectivity index (χ1) is 20.3. The average Bonchev–Trinajstić information content (AvgIpc) is 3.21. The summed E-state index contributed by atoms with van der Waals surface area (Å²) in [6.45, 7) is 18.0. The van der Waals surface area contributed by atoms with E-state index in [1.54, 1.807) is 10.3 Å². The largest absolute Gasteiger partial charge is 0.493 e. The maximum absolute atomic E-state index is 12.1. The Morgan fingerprint density at radius 3 is 1.43 bits per heavy atom. The minimum Gasteiger partial charge on any atom is -0.493 e. The Hall–Kier alpha value is -2.48. The standard InChI is InChI=1S/C40H60N2/c1-9-13-17-21-33-27-36(28-34(22-18-14-10-2)38(33)24-20-16-12-4)39-32(8)37(23-19-15-11-3)40(42(39)41)35-25-29(5)31(7)30(6)26-35/h25-28H,9-24H2,1-8H3. The first-order valence-electron chi connectivity index (χ1n) is 17.4. The molecule has 0 aliphatic carbocycles. The molecule has 0 aromatic heterocycles. The molecule has 0 amide bonds. The fourth-order valence-electron chi connectivity index (χ4n) is 6.77. The second-order valence-electron chi connectivity index (χ2n) is 12.9. The molecule has 1 aliphatic rings. The van der Waals surface area contributed by atoms with E-state index in [1.807, 2.05) is 0 Å². The number of rotatable bonds is 18. The molecular formula is C40H60N2. The van der Waals surface area contributed by atoms with E-state index in [0.29, 0.717) is 0 Å². The summed E-state index contributed by atoms with van der Waals surface area (Å²) in [4.78, 5) is 0. The molecule has 0 saturated heterocycles. The molecule has 0 N–H and O–H groups in total. The van der Waals surface area contributed by atoms with Crippen molar-refractivity contribution in [2.24, 2.45) is 0 Å². The van der Waals surface area contributed by atoms with Gasteiger partial charge in [0, 0.05) is 22.3 Å². The Labute approximate surface area is 259 Å². The van der Waals surface area contributed by atoms with Gasteiger partial charge in [-0.15, -0.1) is 0 Å². The zero-order chi connectivity index (χ0) is 30.6. The quantitative estimate of drug-likeness (QED) is 0.126. The molecule has 3 rings (SSSR count). The highest BCUT2D eigenvalue weighted by Gasteiger charge is 2.34. The van der Waals surface area contributed by atoms with E-state index in [0.717, 1.165) is 42.6 Å². The molecule has 0 fully saturated rings. The van der Waals surface area contributed by atoms with Crippen LogP contribution in [0.25, 0.3) is 16.9 Å². The van der Waals surface area contributed by atoms with Gasteiger partial charge in [-0.3, -0.25) is 0 Å². The van der Waals surface area contributed by atoms with Crippen LogP contribution in [0.3, 0.4) is 0 Å². The van der Waals surface area contributed by atoms with Gasteiger partial charge in [-0.1, -0.05) is 79.1 Å². The zero-order valence-electron chi connectivity index (χ0n) is 28.5. The Kier molecular flexibility index (Phi) is 13.7. The molecule has 1 aliphatic heterocycles. The van der Waals surface area contributed by atoms with E-state index in [1.165, 1.54) is 122 Å². The van der Waals surface area contributed by atoms with Crippen LogP contribution in [0.1, 0.15) is 163 Å². The number of aryl methyl sites for hydroxylation is 4. The number of unbranched alkanes of at least 4 members (excludes halogenated alkanes) is 8. The molecule has 42 heavy (non-hydrogen) atoms. The predicted octanol–water partition coefficient (Wildman–Crippen LogP) is 12.6.